The van der Waals surface area contributed by atoms with Gasteiger partial charge in [-0.2, -0.15) is 0 Å². The van der Waals surface area contributed by atoms with Gasteiger partial charge in [0.25, 0.3) is 5.91 Å². The maximum Gasteiger partial charge on any atom is 0.268 e. The van der Waals surface area contributed by atoms with Crippen LogP contribution in [0.5, 0.6) is 11.5 Å². The molecule has 0 aliphatic rings. The number of anilines is 1. The molecule has 29 heavy (non-hydrogen) atoms. The number of carbonyl (C=O) groups excluding carboxylic acids is 1. The Morgan fingerprint density at radius 3 is 2.31 bits per heavy atom. The van der Waals surface area contributed by atoms with Gasteiger partial charge in [-0.25, -0.2) is 0 Å². The Kier molecular flexibility index (Phi) is 6.50. The molecule has 0 saturated carbocycles. The molecule has 150 valence electrons. The van der Waals surface area contributed by atoms with E-state index in [9.17, 15) is 9.90 Å². The Balaban J connectivity index is 1.82. The van der Waals surface area contributed by atoms with Gasteiger partial charge in [-0.05, 0) is 54.8 Å². The number of ether oxygens (including phenoxy) is 1. The smallest absolute Gasteiger partial charge is 0.268 e. The van der Waals surface area contributed by atoms with Crippen molar-refractivity contribution in [1.29, 1.82) is 0 Å². The predicted octanol–water partition coefficient (Wildman–Crippen LogP) is 4.91. The molecule has 0 spiro atoms. The second-order valence-corrected chi connectivity index (χ2v) is 7.22. The lowest BCUT2D eigenvalue weighted by Crippen LogP contribution is -2.40. The number of pyridine rings is 1. The second-order valence-electron chi connectivity index (χ2n) is 7.22. The van der Waals surface area contributed by atoms with Gasteiger partial charge in [0.15, 0.2) is 6.10 Å². The molecule has 3 aromatic rings. The van der Waals surface area contributed by atoms with Gasteiger partial charge in [-0.1, -0.05) is 44.2 Å². The molecule has 0 radical (unpaired) electrons. The van der Waals surface area contributed by atoms with E-state index < -0.39 is 6.10 Å². The van der Waals surface area contributed by atoms with Crippen molar-refractivity contribution in [1.82, 2.24) is 4.98 Å². The minimum atomic E-state index is -0.733. The molecule has 1 atom stereocenters. The molecule has 0 saturated heterocycles. The number of aromatic nitrogens is 1. The normalized spacial score (nSPS) is 11.9. The molecular formula is C24H26N2O3. The fourth-order valence-corrected chi connectivity index (χ4v) is 3.03. The van der Waals surface area contributed by atoms with Crippen molar-refractivity contribution in [2.75, 3.05) is 4.90 Å². The average molecular weight is 390 g/mol. The summed E-state index contributed by atoms with van der Waals surface area (Å²) >= 11 is 0. The number of phenols is 1. The largest absolute Gasteiger partial charge is 0.506 e. The van der Waals surface area contributed by atoms with E-state index in [2.05, 4.69) is 18.8 Å². The molecule has 2 aromatic carbocycles. The fourth-order valence-electron chi connectivity index (χ4n) is 3.03. The van der Waals surface area contributed by atoms with Crippen molar-refractivity contribution in [3.63, 3.8) is 0 Å². The molecule has 0 aliphatic carbocycles. The van der Waals surface area contributed by atoms with Gasteiger partial charge < -0.3 is 9.84 Å². The fraction of sp³-hybridized carbons (Fsp3) is 0.250. The van der Waals surface area contributed by atoms with Gasteiger partial charge in [-0.3, -0.25) is 14.7 Å². The molecule has 5 heteroatoms. The van der Waals surface area contributed by atoms with Crippen LogP contribution in [0, 0.1) is 0 Å². The lowest BCUT2D eigenvalue weighted by molar-refractivity contribution is -0.124. The van der Waals surface area contributed by atoms with E-state index >= 15 is 0 Å². The Morgan fingerprint density at radius 1 is 1.00 bits per heavy atom. The van der Waals surface area contributed by atoms with Crippen molar-refractivity contribution in [3.05, 3.63) is 84.2 Å². The first-order valence-electron chi connectivity index (χ1n) is 9.71. The van der Waals surface area contributed by atoms with Gasteiger partial charge in [0.05, 0.1) is 17.9 Å². The third-order valence-electron chi connectivity index (χ3n) is 4.69. The molecule has 1 heterocycles. The topological polar surface area (TPSA) is 62.7 Å². The van der Waals surface area contributed by atoms with Gasteiger partial charge in [0.1, 0.15) is 11.5 Å². The standard InChI is InChI=1S/C24H26N2O3/c1-17(2)19-11-13-21(14-12-19)29-18(3)24(28)26(16-20-8-6-7-15-25-20)22-9-4-5-10-23(22)27/h4-15,17-18,27H,16H2,1-3H3. The van der Waals surface area contributed by atoms with Crippen LogP contribution in [0.3, 0.4) is 0 Å². The van der Waals surface area contributed by atoms with Crippen molar-refractivity contribution in [2.24, 2.45) is 0 Å². The zero-order valence-electron chi connectivity index (χ0n) is 16.9. The first-order chi connectivity index (χ1) is 14.0. The number of carbonyl (C=O) groups is 1. The lowest BCUT2D eigenvalue weighted by atomic mass is 10.0. The average Bonchev–Trinajstić information content (AvgIpc) is 2.73. The number of amides is 1. The molecular weight excluding hydrogens is 364 g/mol. The van der Waals surface area contributed by atoms with E-state index in [0.29, 0.717) is 17.4 Å². The molecule has 3 rings (SSSR count). The van der Waals surface area contributed by atoms with E-state index in [1.807, 2.05) is 42.5 Å². The molecule has 1 amide bonds. The Labute approximate surface area is 171 Å². The number of nitrogens with zero attached hydrogens (tertiary/aromatic N) is 2. The van der Waals surface area contributed by atoms with Crippen LogP contribution in [-0.2, 0) is 11.3 Å². The van der Waals surface area contributed by atoms with Gasteiger partial charge in [0.2, 0.25) is 0 Å². The van der Waals surface area contributed by atoms with E-state index in [0.717, 1.165) is 5.69 Å². The van der Waals surface area contributed by atoms with Crippen molar-refractivity contribution in [2.45, 2.75) is 39.3 Å². The van der Waals surface area contributed by atoms with Gasteiger partial charge >= 0.3 is 0 Å². The highest BCUT2D eigenvalue weighted by Crippen LogP contribution is 2.29. The number of rotatable bonds is 7. The Morgan fingerprint density at radius 2 is 1.69 bits per heavy atom. The summed E-state index contributed by atoms with van der Waals surface area (Å²) in [6.45, 7) is 6.20. The number of hydrogen-bond acceptors (Lipinski definition) is 4. The SMILES string of the molecule is CC(Oc1ccc(C(C)C)cc1)C(=O)N(Cc1ccccn1)c1ccccc1O. The quantitative estimate of drug-likeness (QED) is 0.622. The number of hydrogen-bond donors (Lipinski definition) is 1. The molecule has 1 unspecified atom stereocenters. The summed E-state index contributed by atoms with van der Waals surface area (Å²) in [5.41, 5.74) is 2.36. The Bertz CT molecular complexity index is 940. The van der Waals surface area contributed by atoms with Gasteiger partial charge in [-0.15, -0.1) is 0 Å². The lowest BCUT2D eigenvalue weighted by Gasteiger charge is -2.26. The highest BCUT2D eigenvalue weighted by atomic mass is 16.5. The van der Waals surface area contributed by atoms with Crippen LogP contribution in [0.15, 0.2) is 72.9 Å². The maximum absolute atomic E-state index is 13.2. The van der Waals surface area contributed by atoms with Gasteiger partial charge in [0, 0.05) is 6.20 Å². The third kappa shape index (κ3) is 5.13. The van der Waals surface area contributed by atoms with Crippen LogP contribution in [-0.4, -0.2) is 22.1 Å². The van der Waals surface area contributed by atoms with Crippen molar-refractivity contribution < 1.29 is 14.6 Å². The minimum Gasteiger partial charge on any atom is -0.506 e. The molecule has 1 N–H and O–H groups in total. The number of aromatic hydroxyl groups is 1. The van der Waals surface area contributed by atoms with E-state index in [1.54, 1.807) is 37.4 Å². The number of para-hydroxylation sites is 2. The summed E-state index contributed by atoms with van der Waals surface area (Å²) < 4.78 is 5.90. The highest BCUT2D eigenvalue weighted by molar-refractivity contribution is 5.97. The summed E-state index contributed by atoms with van der Waals surface area (Å²) in [6.07, 6.45) is 0.946. The van der Waals surface area contributed by atoms with Crippen molar-refractivity contribution >= 4 is 11.6 Å². The summed E-state index contributed by atoms with van der Waals surface area (Å²) in [5.74, 6) is 0.832. The Hall–Kier alpha value is -3.34. The minimum absolute atomic E-state index is 0.0327. The molecule has 0 aliphatic heterocycles. The summed E-state index contributed by atoms with van der Waals surface area (Å²) in [6, 6.07) is 20.1. The van der Waals surface area contributed by atoms with Crippen LogP contribution < -0.4 is 9.64 Å². The zero-order valence-corrected chi connectivity index (χ0v) is 16.9. The van der Waals surface area contributed by atoms with E-state index in [1.165, 1.54) is 10.5 Å². The first kappa shape index (κ1) is 20.4. The number of phenolic OH excluding ortho intramolecular Hbond substituents is 1. The number of benzene rings is 2. The van der Waals surface area contributed by atoms with Crippen molar-refractivity contribution in [3.8, 4) is 11.5 Å². The van der Waals surface area contributed by atoms with Crippen LogP contribution in [0.4, 0.5) is 5.69 Å². The highest BCUT2D eigenvalue weighted by Gasteiger charge is 2.26. The van der Waals surface area contributed by atoms with Crippen LogP contribution >= 0.6 is 0 Å². The van der Waals surface area contributed by atoms with Crippen LogP contribution in [0.2, 0.25) is 0 Å². The maximum atomic E-state index is 13.2. The monoisotopic (exact) mass is 390 g/mol. The van der Waals surface area contributed by atoms with E-state index in [-0.39, 0.29) is 18.2 Å². The molecule has 1 aromatic heterocycles. The zero-order chi connectivity index (χ0) is 20.8. The second kappa shape index (κ2) is 9.24. The summed E-state index contributed by atoms with van der Waals surface area (Å²) in [4.78, 5) is 19.1. The summed E-state index contributed by atoms with van der Waals surface area (Å²) in [7, 11) is 0. The molecule has 0 bridgehead atoms. The third-order valence-corrected chi connectivity index (χ3v) is 4.69. The van der Waals surface area contributed by atoms with E-state index in [4.69, 9.17) is 4.74 Å². The van der Waals surface area contributed by atoms with Crippen LogP contribution in [0.1, 0.15) is 37.9 Å². The molecule has 0 fully saturated rings. The summed E-state index contributed by atoms with van der Waals surface area (Å²) in [5, 5.41) is 10.3. The predicted molar refractivity (Wildman–Crippen MR) is 114 cm³/mol. The van der Waals surface area contributed by atoms with Crippen LogP contribution in [0.25, 0.3) is 0 Å². The first-order valence-corrected chi connectivity index (χ1v) is 9.71. The molecule has 5 nitrogen and oxygen atoms in total.